The van der Waals surface area contributed by atoms with Crippen LogP contribution in [0.2, 0.25) is 0 Å². The third-order valence-corrected chi connectivity index (χ3v) is 4.96. The summed E-state index contributed by atoms with van der Waals surface area (Å²) in [5.74, 6) is 1.84. The number of nitrogens with zero attached hydrogens (tertiary/aromatic N) is 3. The molecule has 1 aromatic rings. The van der Waals surface area contributed by atoms with Crippen molar-refractivity contribution in [2.45, 2.75) is 38.7 Å². The van der Waals surface area contributed by atoms with Crippen molar-refractivity contribution in [3.8, 4) is 0 Å². The molecule has 0 aliphatic carbocycles. The molecule has 0 unspecified atom stereocenters. The van der Waals surface area contributed by atoms with Gasteiger partial charge >= 0.3 is 0 Å². The summed E-state index contributed by atoms with van der Waals surface area (Å²) in [6.45, 7) is 6.48. The van der Waals surface area contributed by atoms with Crippen LogP contribution in [-0.4, -0.2) is 54.7 Å². The number of aromatic nitrogens is 1. The van der Waals surface area contributed by atoms with Gasteiger partial charge in [0.1, 0.15) is 11.9 Å². The molecule has 5 nitrogen and oxygen atoms in total. The van der Waals surface area contributed by atoms with Crippen molar-refractivity contribution < 1.29 is 9.53 Å². The second-order valence-electron chi connectivity index (χ2n) is 6.50. The highest BCUT2D eigenvalue weighted by molar-refractivity contribution is 5.81. The topological polar surface area (TPSA) is 45.7 Å². The molecule has 2 aliphatic heterocycles. The first-order chi connectivity index (χ1) is 11.3. The van der Waals surface area contributed by atoms with Crippen molar-refractivity contribution in [3.63, 3.8) is 0 Å². The van der Waals surface area contributed by atoms with Gasteiger partial charge in [0.15, 0.2) is 0 Å². The van der Waals surface area contributed by atoms with Gasteiger partial charge in [0.25, 0.3) is 5.91 Å². The smallest absolute Gasteiger partial charge is 0.251 e. The summed E-state index contributed by atoms with van der Waals surface area (Å²) >= 11 is 0. The highest BCUT2D eigenvalue weighted by Gasteiger charge is 2.30. The Morgan fingerprint density at radius 3 is 2.78 bits per heavy atom. The average Bonchev–Trinajstić information content (AvgIpc) is 3.15. The van der Waals surface area contributed by atoms with E-state index >= 15 is 0 Å². The molecule has 0 spiro atoms. The number of ether oxygens (including phenoxy) is 1. The minimum absolute atomic E-state index is 0.191. The molecular weight excluding hydrogens is 290 g/mol. The standard InChI is InChI=1S/C18H27N3O2/c1-2-20(18(22)16-6-5-13-23-16)14-15-8-11-21(12-9-15)17-7-3-4-10-19-17/h3-4,7,10,15-16H,2,5-6,8-9,11-14H2,1H3/t16-/m1/s1. The van der Waals surface area contributed by atoms with Crippen LogP contribution in [0.1, 0.15) is 32.6 Å². The lowest BCUT2D eigenvalue weighted by molar-refractivity contribution is -0.141. The molecule has 3 heterocycles. The van der Waals surface area contributed by atoms with Crippen molar-refractivity contribution in [1.29, 1.82) is 0 Å². The van der Waals surface area contributed by atoms with E-state index in [1.165, 1.54) is 0 Å². The van der Waals surface area contributed by atoms with E-state index in [1.54, 1.807) is 0 Å². The summed E-state index contributed by atoms with van der Waals surface area (Å²) in [4.78, 5) is 21.3. The molecule has 2 saturated heterocycles. The Labute approximate surface area is 138 Å². The minimum Gasteiger partial charge on any atom is -0.368 e. The third-order valence-electron chi connectivity index (χ3n) is 4.96. The number of rotatable bonds is 5. The number of piperidine rings is 1. The molecule has 0 radical (unpaired) electrons. The predicted molar refractivity (Wildman–Crippen MR) is 90.4 cm³/mol. The van der Waals surface area contributed by atoms with Gasteiger partial charge in [-0.1, -0.05) is 6.07 Å². The van der Waals surface area contributed by atoms with Crippen LogP contribution in [0, 0.1) is 5.92 Å². The number of carbonyl (C=O) groups is 1. The molecule has 1 amide bonds. The quantitative estimate of drug-likeness (QED) is 0.836. The summed E-state index contributed by atoms with van der Waals surface area (Å²) < 4.78 is 5.55. The number of anilines is 1. The van der Waals surface area contributed by atoms with E-state index in [9.17, 15) is 4.79 Å². The Balaban J connectivity index is 1.50. The van der Waals surface area contributed by atoms with Gasteiger partial charge in [0.2, 0.25) is 0 Å². The van der Waals surface area contributed by atoms with Gasteiger partial charge in [-0.2, -0.15) is 0 Å². The molecule has 126 valence electrons. The van der Waals surface area contributed by atoms with Crippen LogP contribution in [0.15, 0.2) is 24.4 Å². The van der Waals surface area contributed by atoms with E-state index in [2.05, 4.69) is 22.9 Å². The number of pyridine rings is 1. The van der Waals surface area contributed by atoms with E-state index < -0.39 is 0 Å². The van der Waals surface area contributed by atoms with Gasteiger partial charge < -0.3 is 14.5 Å². The zero-order valence-electron chi connectivity index (χ0n) is 14.0. The van der Waals surface area contributed by atoms with Crippen molar-refractivity contribution in [3.05, 3.63) is 24.4 Å². The molecular formula is C18H27N3O2. The van der Waals surface area contributed by atoms with Gasteiger partial charge in [-0.25, -0.2) is 4.98 Å². The minimum atomic E-state index is -0.191. The van der Waals surface area contributed by atoms with Gasteiger partial charge in [-0.15, -0.1) is 0 Å². The van der Waals surface area contributed by atoms with Gasteiger partial charge in [0.05, 0.1) is 0 Å². The van der Waals surface area contributed by atoms with Crippen LogP contribution in [0.4, 0.5) is 5.82 Å². The number of hydrogen-bond donors (Lipinski definition) is 0. The fourth-order valence-corrected chi connectivity index (χ4v) is 3.55. The second kappa shape index (κ2) is 7.77. The normalized spacial score (nSPS) is 22.3. The number of hydrogen-bond acceptors (Lipinski definition) is 4. The van der Waals surface area contributed by atoms with E-state index in [0.717, 1.165) is 64.3 Å². The van der Waals surface area contributed by atoms with Crippen LogP contribution in [0.3, 0.4) is 0 Å². The molecule has 3 rings (SSSR count). The van der Waals surface area contributed by atoms with Crippen molar-refractivity contribution >= 4 is 11.7 Å². The molecule has 2 aliphatic rings. The second-order valence-corrected chi connectivity index (χ2v) is 6.50. The summed E-state index contributed by atoms with van der Waals surface area (Å²) in [5, 5.41) is 0. The SMILES string of the molecule is CCN(CC1CCN(c2ccccn2)CC1)C(=O)[C@H]1CCCO1. The predicted octanol–water partition coefficient (Wildman–Crippen LogP) is 2.33. The van der Waals surface area contributed by atoms with E-state index in [1.807, 2.05) is 23.2 Å². The van der Waals surface area contributed by atoms with Crippen molar-refractivity contribution in [1.82, 2.24) is 9.88 Å². The first kappa shape index (κ1) is 16.2. The molecule has 0 saturated carbocycles. The Hall–Kier alpha value is -1.62. The van der Waals surface area contributed by atoms with E-state index in [0.29, 0.717) is 5.92 Å². The maximum atomic E-state index is 12.5. The zero-order valence-corrected chi connectivity index (χ0v) is 14.0. The average molecular weight is 317 g/mol. The summed E-state index contributed by atoms with van der Waals surface area (Å²) in [7, 11) is 0. The third kappa shape index (κ3) is 4.02. The highest BCUT2D eigenvalue weighted by Crippen LogP contribution is 2.23. The first-order valence-electron chi connectivity index (χ1n) is 8.84. The van der Waals surface area contributed by atoms with Crippen LogP contribution in [0.5, 0.6) is 0 Å². The van der Waals surface area contributed by atoms with Crippen molar-refractivity contribution in [2.24, 2.45) is 5.92 Å². The Kier molecular flexibility index (Phi) is 5.49. The van der Waals surface area contributed by atoms with Crippen molar-refractivity contribution in [2.75, 3.05) is 37.7 Å². The van der Waals surface area contributed by atoms with Crippen LogP contribution >= 0.6 is 0 Å². The first-order valence-corrected chi connectivity index (χ1v) is 8.84. The maximum absolute atomic E-state index is 12.5. The number of likely N-dealkylation sites (N-methyl/N-ethyl adjacent to an activating group) is 1. The molecule has 0 bridgehead atoms. The monoisotopic (exact) mass is 317 g/mol. The van der Waals surface area contributed by atoms with E-state index in [-0.39, 0.29) is 12.0 Å². The zero-order chi connectivity index (χ0) is 16.1. The molecule has 23 heavy (non-hydrogen) atoms. The van der Waals surface area contributed by atoms with Gasteiger partial charge in [-0.3, -0.25) is 4.79 Å². The molecule has 2 fully saturated rings. The van der Waals surface area contributed by atoms with Gasteiger partial charge in [-0.05, 0) is 50.7 Å². The van der Waals surface area contributed by atoms with Crippen LogP contribution in [0.25, 0.3) is 0 Å². The largest absolute Gasteiger partial charge is 0.368 e. The fourth-order valence-electron chi connectivity index (χ4n) is 3.55. The van der Waals surface area contributed by atoms with E-state index in [4.69, 9.17) is 4.74 Å². The lowest BCUT2D eigenvalue weighted by atomic mass is 9.96. The van der Waals surface area contributed by atoms with Crippen LogP contribution in [-0.2, 0) is 9.53 Å². The molecule has 1 atom stereocenters. The number of carbonyl (C=O) groups excluding carboxylic acids is 1. The lowest BCUT2D eigenvalue weighted by Gasteiger charge is -2.35. The summed E-state index contributed by atoms with van der Waals surface area (Å²) in [6, 6.07) is 6.05. The molecule has 1 aromatic heterocycles. The number of amides is 1. The fraction of sp³-hybridized carbons (Fsp3) is 0.667. The summed E-state index contributed by atoms with van der Waals surface area (Å²) in [5.41, 5.74) is 0. The Morgan fingerprint density at radius 1 is 1.35 bits per heavy atom. The van der Waals surface area contributed by atoms with Crippen LogP contribution < -0.4 is 4.90 Å². The maximum Gasteiger partial charge on any atom is 0.251 e. The Morgan fingerprint density at radius 2 is 2.17 bits per heavy atom. The highest BCUT2D eigenvalue weighted by atomic mass is 16.5. The summed E-state index contributed by atoms with van der Waals surface area (Å²) in [6.07, 6.45) is 5.78. The molecule has 5 heteroatoms. The molecule has 0 aromatic carbocycles. The lowest BCUT2D eigenvalue weighted by Crippen LogP contribution is -2.44. The van der Waals surface area contributed by atoms with Gasteiger partial charge in [0, 0.05) is 39.0 Å². The Bertz CT molecular complexity index is 494. The molecule has 0 N–H and O–H groups in total.